The lowest BCUT2D eigenvalue weighted by atomic mass is 10.0. The predicted octanol–water partition coefficient (Wildman–Crippen LogP) is 1.65. The Bertz CT molecular complexity index is 520. The Morgan fingerprint density at radius 3 is 2.50 bits per heavy atom. The first-order valence-corrected chi connectivity index (χ1v) is 8.96. The predicted molar refractivity (Wildman–Crippen MR) is 87.7 cm³/mol. The largest absolute Gasteiger partial charge is 0.376 e. The molecule has 7 nitrogen and oxygen atoms in total. The summed E-state index contributed by atoms with van der Waals surface area (Å²) in [5.41, 5.74) is 0. The average Bonchev–Trinajstić information content (AvgIpc) is 2.92. The highest BCUT2D eigenvalue weighted by Gasteiger charge is 2.42. The number of carbonyl (C=O) groups excluding carboxylic acids is 3. The molecule has 0 aromatic rings. The van der Waals surface area contributed by atoms with Crippen LogP contribution >= 0.6 is 0 Å². The van der Waals surface area contributed by atoms with E-state index in [1.807, 2.05) is 0 Å². The van der Waals surface area contributed by atoms with Gasteiger partial charge in [0.05, 0.1) is 12.6 Å². The molecule has 2 heterocycles. The lowest BCUT2D eigenvalue weighted by molar-refractivity contribution is -0.140. The van der Waals surface area contributed by atoms with Gasteiger partial charge in [0.15, 0.2) is 5.92 Å². The second-order valence-electron chi connectivity index (χ2n) is 6.77. The third kappa shape index (κ3) is 3.83. The fourth-order valence-corrected chi connectivity index (χ4v) is 3.67. The Kier molecular flexibility index (Phi) is 5.60. The smallest absolute Gasteiger partial charge is 0.331 e. The van der Waals surface area contributed by atoms with Crippen LogP contribution in [0.5, 0.6) is 0 Å². The number of carbonyl (C=O) groups is 3. The Hall–Kier alpha value is -1.76. The molecule has 1 N–H and O–H groups in total. The molecule has 0 radical (unpaired) electrons. The van der Waals surface area contributed by atoms with Gasteiger partial charge in [-0.05, 0) is 25.7 Å². The van der Waals surface area contributed by atoms with Gasteiger partial charge in [0, 0.05) is 18.9 Å². The van der Waals surface area contributed by atoms with Crippen molar-refractivity contribution in [3.05, 3.63) is 0 Å². The first-order valence-electron chi connectivity index (χ1n) is 8.96. The fraction of sp³-hybridized carbons (Fsp3) is 0.765. The highest BCUT2D eigenvalue weighted by Crippen LogP contribution is 2.25. The van der Waals surface area contributed by atoms with E-state index in [0.717, 1.165) is 58.0 Å². The lowest BCUT2D eigenvalue weighted by Gasteiger charge is -2.34. The molecule has 1 saturated carbocycles. The van der Waals surface area contributed by atoms with Crippen molar-refractivity contribution >= 4 is 24.1 Å². The van der Waals surface area contributed by atoms with Gasteiger partial charge in [-0.15, -0.1) is 0 Å². The van der Waals surface area contributed by atoms with Crippen LogP contribution < -0.4 is 5.32 Å². The van der Waals surface area contributed by atoms with Crippen molar-refractivity contribution in [3.63, 3.8) is 0 Å². The van der Waals surface area contributed by atoms with Crippen molar-refractivity contribution in [2.24, 2.45) is 10.9 Å². The number of barbiturate groups is 1. The van der Waals surface area contributed by atoms with Gasteiger partial charge >= 0.3 is 6.03 Å². The van der Waals surface area contributed by atoms with Crippen molar-refractivity contribution in [1.82, 2.24) is 10.2 Å². The summed E-state index contributed by atoms with van der Waals surface area (Å²) in [5, 5.41) is 2.31. The van der Waals surface area contributed by atoms with Crippen molar-refractivity contribution < 1.29 is 19.1 Å². The molecule has 3 fully saturated rings. The van der Waals surface area contributed by atoms with Crippen LogP contribution in [0, 0.1) is 5.92 Å². The van der Waals surface area contributed by atoms with Gasteiger partial charge in [0.2, 0.25) is 11.8 Å². The van der Waals surface area contributed by atoms with Crippen molar-refractivity contribution in [3.8, 4) is 0 Å². The van der Waals surface area contributed by atoms with Crippen LogP contribution in [0.3, 0.4) is 0 Å². The van der Waals surface area contributed by atoms with Crippen molar-refractivity contribution in [1.29, 1.82) is 0 Å². The third-order valence-electron chi connectivity index (χ3n) is 5.01. The monoisotopic (exact) mass is 335 g/mol. The van der Waals surface area contributed by atoms with E-state index >= 15 is 0 Å². The number of nitrogens with zero attached hydrogens (tertiary/aromatic N) is 2. The molecule has 4 amide bonds. The van der Waals surface area contributed by atoms with Crippen LogP contribution in [-0.2, 0) is 14.3 Å². The number of ether oxygens (including phenoxy) is 1. The molecular formula is C17H25N3O4. The van der Waals surface area contributed by atoms with Crippen LogP contribution in [0.2, 0.25) is 0 Å². The number of urea groups is 1. The second-order valence-corrected chi connectivity index (χ2v) is 6.77. The fourth-order valence-electron chi connectivity index (χ4n) is 3.67. The normalized spacial score (nSPS) is 30.0. The molecule has 2 saturated heterocycles. The maximum Gasteiger partial charge on any atom is 0.331 e. The molecule has 7 heteroatoms. The zero-order valence-electron chi connectivity index (χ0n) is 13.9. The van der Waals surface area contributed by atoms with E-state index in [1.165, 1.54) is 11.1 Å². The molecular weight excluding hydrogens is 310 g/mol. The van der Waals surface area contributed by atoms with Gasteiger partial charge in [-0.2, -0.15) is 0 Å². The third-order valence-corrected chi connectivity index (χ3v) is 5.01. The molecule has 0 spiro atoms. The summed E-state index contributed by atoms with van der Waals surface area (Å²) in [6, 6.07) is -0.692. The SMILES string of the molecule is O=C1NC(=O)N(C2CCCCCC2)C(=O)[C@H]1C=NC[C@H]1CCCO1. The van der Waals surface area contributed by atoms with Gasteiger partial charge in [-0.3, -0.25) is 24.8 Å². The Balaban J connectivity index is 1.66. The quantitative estimate of drug-likeness (QED) is 0.481. The number of rotatable bonds is 4. The molecule has 1 aliphatic carbocycles. The van der Waals surface area contributed by atoms with E-state index in [2.05, 4.69) is 10.3 Å². The lowest BCUT2D eigenvalue weighted by Crippen LogP contribution is -2.61. The van der Waals surface area contributed by atoms with Gasteiger partial charge < -0.3 is 4.74 Å². The Morgan fingerprint density at radius 2 is 1.83 bits per heavy atom. The maximum absolute atomic E-state index is 12.7. The molecule has 0 bridgehead atoms. The van der Waals surface area contributed by atoms with Crippen LogP contribution in [-0.4, -0.2) is 54.3 Å². The van der Waals surface area contributed by atoms with Crippen LogP contribution in [0.15, 0.2) is 4.99 Å². The minimum atomic E-state index is -1.01. The minimum absolute atomic E-state index is 0.0718. The standard InChI is InChI=1S/C17H25N3O4/c21-15-14(11-18-10-13-8-5-9-24-13)16(22)20(17(23)19-15)12-6-3-1-2-4-7-12/h11-14H,1-10H2,(H,19,21,23)/t13-,14+/m1/s1. The highest BCUT2D eigenvalue weighted by atomic mass is 16.5. The summed E-state index contributed by atoms with van der Waals surface area (Å²) in [7, 11) is 0. The minimum Gasteiger partial charge on any atom is -0.376 e. The second kappa shape index (κ2) is 7.88. The van der Waals surface area contributed by atoms with Crippen LogP contribution in [0.25, 0.3) is 0 Å². The summed E-state index contributed by atoms with van der Waals surface area (Å²) >= 11 is 0. The number of hydrogen-bond donors (Lipinski definition) is 1. The van der Waals surface area contributed by atoms with Crippen LogP contribution in [0.1, 0.15) is 51.4 Å². The maximum atomic E-state index is 12.7. The first kappa shape index (κ1) is 17.1. The van der Waals surface area contributed by atoms with Crippen molar-refractivity contribution in [2.45, 2.75) is 63.5 Å². The first-order chi connectivity index (χ1) is 11.7. The molecule has 132 valence electrons. The van der Waals surface area contributed by atoms with Gasteiger partial charge in [0.25, 0.3) is 0 Å². The molecule has 2 atom stereocenters. The van der Waals surface area contributed by atoms with E-state index in [-0.39, 0.29) is 12.1 Å². The van der Waals surface area contributed by atoms with E-state index < -0.39 is 23.8 Å². The van der Waals surface area contributed by atoms with E-state index in [9.17, 15) is 14.4 Å². The van der Waals surface area contributed by atoms with Crippen LogP contribution in [0.4, 0.5) is 4.79 Å². The van der Waals surface area contributed by atoms with E-state index in [1.54, 1.807) is 0 Å². The summed E-state index contributed by atoms with van der Waals surface area (Å²) in [6.45, 7) is 1.20. The van der Waals surface area contributed by atoms with E-state index in [4.69, 9.17) is 4.74 Å². The highest BCUT2D eigenvalue weighted by molar-refractivity contribution is 6.23. The molecule has 0 unspecified atom stereocenters. The molecule has 2 aliphatic heterocycles. The topological polar surface area (TPSA) is 88.1 Å². The summed E-state index contributed by atoms with van der Waals surface area (Å²) in [4.78, 5) is 42.4. The summed E-state index contributed by atoms with van der Waals surface area (Å²) < 4.78 is 5.48. The van der Waals surface area contributed by atoms with Crippen molar-refractivity contribution in [2.75, 3.05) is 13.2 Å². The summed E-state index contributed by atoms with van der Waals surface area (Å²) in [6.07, 6.45) is 9.33. The summed E-state index contributed by atoms with van der Waals surface area (Å²) in [5.74, 6) is -2.02. The number of aliphatic imine (C=N–C) groups is 1. The zero-order valence-corrected chi connectivity index (χ0v) is 13.9. The number of hydrogen-bond acceptors (Lipinski definition) is 5. The van der Waals surface area contributed by atoms with Gasteiger partial charge in [-0.1, -0.05) is 25.7 Å². The van der Waals surface area contributed by atoms with E-state index in [0.29, 0.717) is 6.54 Å². The zero-order chi connectivity index (χ0) is 16.9. The molecule has 0 aromatic heterocycles. The molecule has 3 aliphatic rings. The Labute approximate surface area is 141 Å². The molecule has 0 aromatic carbocycles. The average molecular weight is 335 g/mol. The molecule has 24 heavy (non-hydrogen) atoms. The van der Waals surface area contributed by atoms with Gasteiger partial charge in [0.1, 0.15) is 0 Å². The molecule has 3 rings (SSSR count). The number of amides is 4. The van der Waals surface area contributed by atoms with Gasteiger partial charge in [-0.25, -0.2) is 4.79 Å². The Morgan fingerprint density at radius 1 is 1.08 bits per heavy atom. The number of nitrogens with one attached hydrogen (secondary N) is 1. The number of imide groups is 2.